The SMILES string of the molecule is CC(C)C1CCN(Cc2cccc3c2CCCN3)C1. The first kappa shape index (κ1) is 13.0. The smallest absolute Gasteiger partial charge is 0.0375 e. The number of hydrogen-bond donors (Lipinski definition) is 1. The number of nitrogens with zero attached hydrogens (tertiary/aromatic N) is 1. The molecule has 2 aliphatic heterocycles. The lowest BCUT2D eigenvalue weighted by Crippen LogP contribution is -2.23. The number of hydrogen-bond acceptors (Lipinski definition) is 2. The van der Waals surface area contributed by atoms with Gasteiger partial charge in [-0.2, -0.15) is 0 Å². The molecule has 0 spiro atoms. The second-order valence-electron chi connectivity index (χ2n) is 6.50. The van der Waals surface area contributed by atoms with Crippen molar-refractivity contribution < 1.29 is 0 Å². The lowest BCUT2D eigenvalue weighted by molar-refractivity contribution is 0.296. The summed E-state index contributed by atoms with van der Waals surface area (Å²) in [5, 5.41) is 3.54. The molecule has 2 heterocycles. The third-order valence-corrected chi connectivity index (χ3v) is 4.84. The fourth-order valence-corrected chi connectivity index (χ4v) is 3.52. The highest BCUT2D eigenvalue weighted by atomic mass is 15.1. The summed E-state index contributed by atoms with van der Waals surface area (Å²) in [4.78, 5) is 2.65. The summed E-state index contributed by atoms with van der Waals surface area (Å²) in [5.74, 6) is 1.73. The third-order valence-electron chi connectivity index (χ3n) is 4.84. The van der Waals surface area contributed by atoms with Crippen LogP contribution >= 0.6 is 0 Å². The molecule has 0 aliphatic carbocycles. The van der Waals surface area contributed by atoms with Gasteiger partial charge in [-0.3, -0.25) is 4.90 Å². The van der Waals surface area contributed by atoms with Gasteiger partial charge in [-0.05, 0) is 54.8 Å². The van der Waals surface area contributed by atoms with Crippen LogP contribution in [0.2, 0.25) is 0 Å². The summed E-state index contributed by atoms with van der Waals surface area (Å²) in [7, 11) is 0. The zero-order valence-electron chi connectivity index (χ0n) is 12.3. The quantitative estimate of drug-likeness (QED) is 0.892. The Bertz CT molecular complexity index is 439. The predicted molar refractivity (Wildman–Crippen MR) is 81.5 cm³/mol. The molecule has 2 nitrogen and oxygen atoms in total. The second kappa shape index (κ2) is 5.54. The standard InChI is InChI=1S/C17H26N2/c1-13(2)14-8-10-19(11-14)12-15-5-3-7-17-16(15)6-4-9-18-17/h3,5,7,13-14,18H,4,6,8-12H2,1-2H3. The van der Waals surface area contributed by atoms with Crippen molar-refractivity contribution in [2.75, 3.05) is 25.0 Å². The van der Waals surface area contributed by atoms with Gasteiger partial charge in [0.15, 0.2) is 0 Å². The van der Waals surface area contributed by atoms with E-state index in [1.165, 1.54) is 38.0 Å². The molecule has 19 heavy (non-hydrogen) atoms. The van der Waals surface area contributed by atoms with Gasteiger partial charge in [0, 0.05) is 25.3 Å². The molecule has 1 aromatic rings. The summed E-state index contributed by atoms with van der Waals surface area (Å²) in [6, 6.07) is 6.77. The van der Waals surface area contributed by atoms with Crippen molar-refractivity contribution in [2.45, 2.75) is 39.7 Å². The minimum absolute atomic E-state index is 0.830. The van der Waals surface area contributed by atoms with Gasteiger partial charge in [0.05, 0.1) is 0 Å². The Hall–Kier alpha value is -1.02. The Morgan fingerprint density at radius 1 is 1.37 bits per heavy atom. The third kappa shape index (κ3) is 2.79. The lowest BCUT2D eigenvalue weighted by Gasteiger charge is -2.24. The highest BCUT2D eigenvalue weighted by molar-refractivity contribution is 5.56. The fraction of sp³-hybridized carbons (Fsp3) is 0.647. The molecule has 0 aromatic heterocycles. The summed E-state index contributed by atoms with van der Waals surface area (Å²) in [5.41, 5.74) is 4.50. The number of benzene rings is 1. The molecule has 0 saturated carbocycles. The molecule has 1 unspecified atom stereocenters. The van der Waals surface area contributed by atoms with E-state index in [9.17, 15) is 0 Å². The van der Waals surface area contributed by atoms with Gasteiger partial charge in [-0.25, -0.2) is 0 Å². The van der Waals surface area contributed by atoms with E-state index < -0.39 is 0 Å². The Morgan fingerprint density at radius 3 is 3.05 bits per heavy atom. The lowest BCUT2D eigenvalue weighted by atomic mass is 9.95. The zero-order valence-corrected chi connectivity index (χ0v) is 12.3. The molecule has 1 N–H and O–H groups in total. The molecule has 1 fully saturated rings. The average molecular weight is 258 g/mol. The number of nitrogens with one attached hydrogen (secondary N) is 1. The summed E-state index contributed by atoms with van der Waals surface area (Å²) in [6.07, 6.45) is 3.91. The van der Waals surface area contributed by atoms with Crippen LogP contribution < -0.4 is 5.32 Å². The van der Waals surface area contributed by atoms with Gasteiger partial charge in [-0.1, -0.05) is 26.0 Å². The van der Waals surface area contributed by atoms with Crippen LogP contribution in [0.25, 0.3) is 0 Å². The van der Waals surface area contributed by atoms with Gasteiger partial charge in [0.1, 0.15) is 0 Å². The van der Waals surface area contributed by atoms with Crippen molar-refractivity contribution in [3.05, 3.63) is 29.3 Å². The average Bonchev–Trinajstić information content (AvgIpc) is 2.88. The van der Waals surface area contributed by atoms with Crippen molar-refractivity contribution >= 4 is 5.69 Å². The topological polar surface area (TPSA) is 15.3 Å². The van der Waals surface area contributed by atoms with Crippen LogP contribution in [0.5, 0.6) is 0 Å². The van der Waals surface area contributed by atoms with E-state index >= 15 is 0 Å². The van der Waals surface area contributed by atoms with Crippen molar-refractivity contribution in [3.8, 4) is 0 Å². The first-order chi connectivity index (χ1) is 9.24. The molecule has 104 valence electrons. The van der Waals surface area contributed by atoms with E-state index in [1.54, 1.807) is 11.1 Å². The van der Waals surface area contributed by atoms with Gasteiger partial charge >= 0.3 is 0 Å². The van der Waals surface area contributed by atoms with E-state index in [1.807, 2.05) is 0 Å². The number of fused-ring (bicyclic) bond motifs is 1. The van der Waals surface area contributed by atoms with E-state index in [0.29, 0.717) is 0 Å². The van der Waals surface area contributed by atoms with Crippen LogP contribution in [0.1, 0.15) is 37.8 Å². The molecule has 3 rings (SSSR count). The van der Waals surface area contributed by atoms with Gasteiger partial charge in [0.25, 0.3) is 0 Å². The maximum atomic E-state index is 3.54. The normalized spacial score (nSPS) is 23.4. The maximum Gasteiger partial charge on any atom is 0.0375 e. The molecule has 2 aliphatic rings. The largest absolute Gasteiger partial charge is 0.385 e. The van der Waals surface area contributed by atoms with Crippen molar-refractivity contribution in [1.29, 1.82) is 0 Å². The van der Waals surface area contributed by atoms with Gasteiger partial charge < -0.3 is 5.32 Å². The van der Waals surface area contributed by atoms with Crippen molar-refractivity contribution in [3.63, 3.8) is 0 Å². The molecule has 0 amide bonds. The summed E-state index contributed by atoms with van der Waals surface area (Å²) >= 11 is 0. The zero-order chi connectivity index (χ0) is 13.2. The summed E-state index contributed by atoms with van der Waals surface area (Å²) < 4.78 is 0. The highest BCUT2D eigenvalue weighted by Gasteiger charge is 2.25. The Kier molecular flexibility index (Phi) is 3.79. The van der Waals surface area contributed by atoms with Gasteiger partial charge in [-0.15, -0.1) is 0 Å². The van der Waals surface area contributed by atoms with E-state index in [2.05, 4.69) is 42.3 Å². The summed E-state index contributed by atoms with van der Waals surface area (Å²) in [6.45, 7) is 9.57. The molecule has 0 radical (unpaired) electrons. The Morgan fingerprint density at radius 2 is 2.26 bits per heavy atom. The molecular weight excluding hydrogens is 232 g/mol. The Balaban J connectivity index is 1.71. The van der Waals surface area contributed by atoms with Crippen molar-refractivity contribution in [2.24, 2.45) is 11.8 Å². The van der Waals surface area contributed by atoms with E-state index in [4.69, 9.17) is 0 Å². The molecule has 1 saturated heterocycles. The molecule has 1 aromatic carbocycles. The number of likely N-dealkylation sites (tertiary alicyclic amines) is 1. The van der Waals surface area contributed by atoms with E-state index in [0.717, 1.165) is 24.9 Å². The minimum Gasteiger partial charge on any atom is -0.385 e. The van der Waals surface area contributed by atoms with Crippen LogP contribution in [-0.2, 0) is 13.0 Å². The molecule has 0 bridgehead atoms. The molecular formula is C17H26N2. The monoisotopic (exact) mass is 258 g/mol. The van der Waals surface area contributed by atoms with Crippen LogP contribution in [0.15, 0.2) is 18.2 Å². The minimum atomic E-state index is 0.830. The van der Waals surface area contributed by atoms with Crippen LogP contribution in [0.3, 0.4) is 0 Å². The van der Waals surface area contributed by atoms with Gasteiger partial charge in [0.2, 0.25) is 0 Å². The fourth-order valence-electron chi connectivity index (χ4n) is 3.52. The van der Waals surface area contributed by atoms with E-state index in [-0.39, 0.29) is 0 Å². The first-order valence-electron chi connectivity index (χ1n) is 7.81. The van der Waals surface area contributed by atoms with Crippen LogP contribution in [0, 0.1) is 11.8 Å². The first-order valence-corrected chi connectivity index (χ1v) is 7.81. The Labute approximate surface area is 117 Å². The highest BCUT2D eigenvalue weighted by Crippen LogP contribution is 2.29. The molecule has 2 heteroatoms. The predicted octanol–water partition coefficient (Wildman–Crippen LogP) is 3.52. The maximum absolute atomic E-state index is 3.54. The van der Waals surface area contributed by atoms with Crippen molar-refractivity contribution in [1.82, 2.24) is 4.90 Å². The van der Waals surface area contributed by atoms with Crippen LogP contribution in [-0.4, -0.2) is 24.5 Å². The number of rotatable bonds is 3. The molecule has 1 atom stereocenters. The number of anilines is 1. The second-order valence-corrected chi connectivity index (χ2v) is 6.50. The van der Waals surface area contributed by atoms with Crippen LogP contribution in [0.4, 0.5) is 5.69 Å².